The number of hydrogen-bond acceptors (Lipinski definition) is 6. The number of furan rings is 1. The van der Waals surface area contributed by atoms with E-state index < -0.39 is 0 Å². The average molecular weight is 325 g/mol. The Balaban J connectivity index is 1.81. The molecule has 0 aliphatic rings. The summed E-state index contributed by atoms with van der Waals surface area (Å²) in [5.74, 6) is 0.474. The SMILES string of the molecule is COc1cc(NC(=O)c2cncc(-c3ccoc3)c2)cnc1OC. The molecule has 0 aromatic carbocycles. The zero-order chi connectivity index (χ0) is 16.9. The van der Waals surface area contributed by atoms with E-state index in [4.69, 9.17) is 13.9 Å². The van der Waals surface area contributed by atoms with Crippen LogP contribution in [0, 0.1) is 0 Å². The molecule has 0 saturated heterocycles. The molecule has 0 unspecified atom stereocenters. The lowest BCUT2D eigenvalue weighted by molar-refractivity contribution is 0.102. The number of hydrogen-bond donors (Lipinski definition) is 1. The van der Waals surface area contributed by atoms with Crippen molar-refractivity contribution >= 4 is 11.6 Å². The predicted molar refractivity (Wildman–Crippen MR) is 87.2 cm³/mol. The number of nitrogens with zero attached hydrogens (tertiary/aromatic N) is 2. The highest BCUT2D eigenvalue weighted by Gasteiger charge is 2.12. The third-order valence-corrected chi connectivity index (χ3v) is 3.34. The molecule has 0 aliphatic heterocycles. The Bertz CT molecular complexity index is 847. The number of carbonyl (C=O) groups excluding carboxylic acids is 1. The van der Waals surface area contributed by atoms with Crippen molar-refractivity contribution in [2.45, 2.75) is 0 Å². The maximum atomic E-state index is 12.4. The first-order chi connectivity index (χ1) is 11.7. The van der Waals surface area contributed by atoms with Crippen molar-refractivity contribution in [3.8, 4) is 22.8 Å². The fraction of sp³-hybridized carbons (Fsp3) is 0.118. The van der Waals surface area contributed by atoms with Gasteiger partial charge in [-0.2, -0.15) is 0 Å². The summed E-state index contributed by atoms with van der Waals surface area (Å²) in [6.07, 6.45) is 7.81. The van der Waals surface area contributed by atoms with Gasteiger partial charge in [-0.3, -0.25) is 9.78 Å². The number of pyridine rings is 2. The Morgan fingerprint density at radius 1 is 1.12 bits per heavy atom. The first-order valence-corrected chi connectivity index (χ1v) is 7.08. The van der Waals surface area contributed by atoms with Crippen molar-refractivity contribution in [1.29, 1.82) is 0 Å². The summed E-state index contributed by atoms with van der Waals surface area (Å²) in [4.78, 5) is 20.6. The normalized spacial score (nSPS) is 10.2. The first-order valence-electron chi connectivity index (χ1n) is 7.08. The van der Waals surface area contributed by atoms with Gasteiger partial charge >= 0.3 is 0 Å². The van der Waals surface area contributed by atoms with Gasteiger partial charge in [-0.15, -0.1) is 0 Å². The summed E-state index contributed by atoms with van der Waals surface area (Å²) >= 11 is 0. The summed E-state index contributed by atoms with van der Waals surface area (Å²) in [5, 5.41) is 2.76. The van der Waals surface area contributed by atoms with E-state index in [1.165, 1.54) is 26.6 Å². The third-order valence-electron chi connectivity index (χ3n) is 3.34. The van der Waals surface area contributed by atoms with Crippen molar-refractivity contribution in [2.75, 3.05) is 19.5 Å². The number of carbonyl (C=O) groups is 1. The number of nitrogens with one attached hydrogen (secondary N) is 1. The summed E-state index contributed by atoms with van der Waals surface area (Å²) in [5.41, 5.74) is 2.56. The smallest absolute Gasteiger partial charge is 0.257 e. The zero-order valence-electron chi connectivity index (χ0n) is 13.1. The second-order valence-corrected chi connectivity index (χ2v) is 4.86. The summed E-state index contributed by atoms with van der Waals surface area (Å²) in [6.45, 7) is 0. The van der Waals surface area contributed by atoms with E-state index in [-0.39, 0.29) is 5.91 Å². The van der Waals surface area contributed by atoms with E-state index in [2.05, 4.69) is 15.3 Å². The molecule has 3 aromatic rings. The van der Waals surface area contributed by atoms with Crippen molar-refractivity contribution < 1.29 is 18.7 Å². The largest absolute Gasteiger partial charge is 0.491 e. The molecule has 24 heavy (non-hydrogen) atoms. The van der Waals surface area contributed by atoms with E-state index in [0.717, 1.165) is 11.1 Å². The highest BCUT2D eigenvalue weighted by Crippen LogP contribution is 2.27. The minimum absolute atomic E-state index is 0.304. The lowest BCUT2D eigenvalue weighted by atomic mass is 10.1. The van der Waals surface area contributed by atoms with Crippen LogP contribution in [0.4, 0.5) is 5.69 Å². The molecule has 3 rings (SSSR count). The van der Waals surface area contributed by atoms with Gasteiger partial charge in [0.25, 0.3) is 11.8 Å². The average Bonchev–Trinajstić information content (AvgIpc) is 3.16. The van der Waals surface area contributed by atoms with Crippen LogP contribution in [0.15, 0.2) is 53.7 Å². The minimum Gasteiger partial charge on any atom is -0.491 e. The van der Waals surface area contributed by atoms with Gasteiger partial charge in [0, 0.05) is 29.6 Å². The molecule has 0 aliphatic carbocycles. The molecule has 1 N–H and O–H groups in total. The van der Waals surface area contributed by atoms with Crippen LogP contribution in [0.3, 0.4) is 0 Å². The van der Waals surface area contributed by atoms with E-state index in [9.17, 15) is 4.79 Å². The van der Waals surface area contributed by atoms with E-state index in [0.29, 0.717) is 22.9 Å². The van der Waals surface area contributed by atoms with Crippen LogP contribution in [0.2, 0.25) is 0 Å². The summed E-state index contributed by atoms with van der Waals surface area (Å²) in [7, 11) is 3.00. The summed E-state index contributed by atoms with van der Waals surface area (Å²) in [6, 6.07) is 5.18. The predicted octanol–water partition coefficient (Wildman–Crippen LogP) is 3.01. The molecule has 7 heteroatoms. The van der Waals surface area contributed by atoms with Gasteiger partial charge in [0.1, 0.15) is 0 Å². The van der Waals surface area contributed by atoms with Crippen LogP contribution in [-0.4, -0.2) is 30.1 Å². The van der Waals surface area contributed by atoms with E-state index in [1.807, 2.05) is 0 Å². The van der Waals surface area contributed by atoms with Crippen LogP contribution >= 0.6 is 0 Å². The van der Waals surface area contributed by atoms with E-state index >= 15 is 0 Å². The fourth-order valence-electron chi connectivity index (χ4n) is 2.15. The topological polar surface area (TPSA) is 86.5 Å². The highest BCUT2D eigenvalue weighted by molar-refractivity contribution is 6.04. The van der Waals surface area contributed by atoms with Crippen molar-refractivity contribution in [3.63, 3.8) is 0 Å². The maximum absolute atomic E-state index is 12.4. The molecule has 3 heterocycles. The Morgan fingerprint density at radius 2 is 2.00 bits per heavy atom. The molecule has 122 valence electrons. The molecule has 3 aromatic heterocycles. The fourth-order valence-corrected chi connectivity index (χ4v) is 2.15. The Kier molecular flexibility index (Phi) is 4.42. The lowest BCUT2D eigenvalue weighted by Crippen LogP contribution is -2.12. The van der Waals surface area contributed by atoms with E-state index in [1.54, 1.807) is 36.9 Å². The highest BCUT2D eigenvalue weighted by atomic mass is 16.5. The Labute approximate surface area is 138 Å². The summed E-state index contributed by atoms with van der Waals surface area (Å²) < 4.78 is 15.3. The number of methoxy groups -OCH3 is 2. The van der Waals surface area contributed by atoms with Crippen LogP contribution < -0.4 is 14.8 Å². The molecule has 0 saturated carbocycles. The Hall–Kier alpha value is -3.35. The quantitative estimate of drug-likeness (QED) is 0.776. The van der Waals surface area contributed by atoms with Gasteiger partial charge in [-0.05, 0) is 12.1 Å². The molecule has 7 nitrogen and oxygen atoms in total. The van der Waals surface area contributed by atoms with Gasteiger partial charge < -0.3 is 19.2 Å². The van der Waals surface area contributed by atoms with Gasteiger partial charge in [0.05, 0.1) is 44.2 Å². The zero-order valence-corrected chi connectivity index (χ0v) is 13.1. The van der Waals surface area contributed by atoms with Crippen LogP contribution in [-0.2, 0) is 0 Å². The Morgan fingerprint density at radius 3 is 2.71 bits per heavy atom. The molecule has 0 bridgehead atoms. The minimum atomic E-state index is -0.304. The standard InChI is InChI=1S/C17H15N3O4/c1-22-15-6-14(9-19-17(15)23-2)20-16(21)13-5-12(7-18-8-13)11-3-4-24-10-11/h3-10H,1-2H3,(H,20,21). The van der Waals surface area contributed by atoms with Crippen molar-refractivity contribution in [3.05, 3.63) is 54.9 Å². The van der Waals surface area contributed by atoms with Crippen molar-refractivity contribution in [2.24, 2.45) is 0 Å². The number of ether oxygens (including phenoxy) is 2. The second kappa shape index (κ2) is 6.82. The molecule has 1 amide bonds. The number of amides is 1. The monoisotopic (exact) mass is 325 g/mol. The third kappa shape index (κ3) is 3.19. The molecular formula is C17H15N3O4. The molecular weight excluding hydrogens is 310 g/mol. The van der Waals surface area contributed by atoms with Crippen LogP contribution in [0.5, 0.6) is 11.6 Å². The van der Waals surface area contributed by atoms with Gasteiger partial charge in [0.15, 0.2) is 5.75 Å². The maximum Gasteiger partial charge on any atom is 0.257 e. The van der Waals surface area contributed by atoms with Crippen LogP contribution in [0.25, 0.3) is 11.1 Å². The van der Waals surface area contributed by atoms with Crippen LogP contribution in [0.1, 0.15) is 10.4 Å². The second-order valence-electron chi connectivity index (χ2n) is 4.86. The van der Waals surface area contributed by atoms with Crippen molar-refractivity contribution in [1.82, 2.24) is 9.97 Å². The van der Waals surface area contributed by atoms with Gasteiger partial charge in [-0.25, -0.2) is 4.98 Å². The number of aromatic nitrogens is 2. The first kappa shape index (κ1) is 15.5. The molecule has 0 atom stereocenters. The van der Waals surface area contributed by atoms with Gasteiger partial charge in [-0.1, -0.05) is 0 Å². The number of anilines is 1. The number of rotatable bonds is 5. The molecule has 0 spiro atoms. The van der Waals surface area contributed by atoms with Gasteiger partial charge in [0.2, 0.25) is 0 Å². The molecule has 0 radical (unpaired) electrons. The lowest BCUT2D eigenvalue weighted by Gasteiger charge is -2.09. The molecule has 0 fully saturated rings.